The van der Waals surface area contributed by atoms with Gasteiger partial charge in [0.05, 0.1) is 0 Å². The van der Waals surface area contributed by atoms with Crippen LogP contribution in [0.1, 0.15) is 43.9 Å². The number of nitrogens with zero attached hydrogens (tertiary/aromatic N) is 2. The molecule has 2 atom stereocenters. The fourth-order valence-corrected chi connectivity index (χ4v) is 3.21. The first-order chi connectivity index (χ1) is 13.6. The number of hydrogen-bond donors (Lipinski definition) is 1. The number of carboxylic acid groups (broad SMARTS) is 1. The number of ether oxygens (including phenoxy) is 1. The van der Waals surface area contributed by atoms with E-state index in [1.807, 2.05) is 43.3 Å². The molecule has 5 nitrogen and oxygen atoms in total. The predicted octanol–water partition coefficient (Wildman–Crippen LogP) is 4.81. The van der Waals surface area contributed by atoms with Crippen LogP contribution in [0.2, 0.25) is 0 Å². The van der Waals surface area contributed by atoms with Gasteiger partial charge in [-0.05, 0) is 37.1 Å². The summed E-state index contributed by atoms with van der Waals surface area (Å²) in [5, 5.41) is 9.51. The summed E-state index contributed by atoms with van der Waals surface area (Å²) < 4.78 is 5.73. The molecule has 2 unspecified atom stereocenters. The van der Waals surface area contributed by atoms with Crippen molar-refractivity contribution in [3.63, 3.8) is 0 Å². The van der Waals surface area contributed by atoms with Crippen molar-refractivity contribution in [1.82, 2.24) is 4.90 Å². The maximum Gasteiger partial charge on any atom is 0.349 e. The number of hydrogen-bond acceptors (Lipinski definition) is 4. The van der Waals surface area contributed by atoms with Crippen LogP contribution in [0.15, 0.2) is 71.9 Å². The smallest absolute Gasteiger partial charge is 0.349 e. The van der Waals surface area contributed by atoms with Crippen molar-refractivity contribution in [3.8, 4) is 5.75 Å². The largest absolute Gasteiger partial charge is 0.478 e. The molecule has 2 aromatic carbocycles. The maximum absolute atomic E-state index is 11.6. The Morgan fingerprint density at radius 1 is 1.18 bits per heavy atom. The zero-order chi connectivity index (χ0) is 19.9. The Bertz CT molecular complexity index is 844. The lowest BCUT2D eigenvalue weighted by Gasteiger charge is -2.30. The number of carboxylic acids is 1. The summed E-state index contributed by atoms with van der Waals surface area (Å²) >= 11 is 0. The highest BCUT2D eigenvalue weighted by Gasteiger charge is 2.22. The number of rotatable bonds is 8. The second-order valence-corrected chi connectivity index (χ2v) is 6.92. The molecule has 146 valence electrons. The third-order valence-corrected chi connectivity index (χ3v) is 4.66. The predicted molar refractivity (Wildman–Crippen MR) is 110 cm³/mol. The van der Waals surface area contributed by atoms with Gasteiger partial charge in [-0.3, -0.25) is 4.99 Å². The van der Waals surface area contributed by atoms with Crippen LogP contribution < -0.4 is 4.74 Å². The Morgan fingerprint density at radius 3 is 2.54 bits per heavy atom. The van der Waals surface area contributed by atoms with Crippen LogP contribution in [0.4, 0.5) is 0 Å². The van der Waals surface area contributed by atoms with Crippen molar-refractivity contribution in [2.24, 2.45) is 4.99 Å². The highest BCUT2D eigenvalue weighted by atomic mass is 16.5. The van der Waals surface area contributed by atoms with Crippen molar-refractivity contribution >= 4 is 11.7 Å². The Morgan fingerprint density at radius 2 is 1.89 bits per heavy atom. The van der Waals surface area contributed by atoms with Gasteiger partial charge in [-0.15, -0.1) is 0 Å². The van der Waals surface area contributed by atoms with Crippen molar-refractivity contribution < 1.29 is 14.6 Å². The lowest BCUT2D eigenvalue weighted by atomic mass is 10.1. The number of benzene rings is 2. The third kappa shape index (κ3) is 5.00. The lowest BCUT2D eigenvalue weighted by Crippen LogP contribution is -2.31. The fraction of sp³-hybridized carbons (Fsp3) is 0.304. The monoisotopic (exact) mass is 378 g/mol. The SMILES string of the molecule is CCCC1N=C(C)C=CN1Cc1ccc(OC(C(=O)O)c2ccccc2)cc1. The molecule has 1 aliphatic rings. The van der Waals surface area contributed by atoms with Crippen LogP contribution in [0.5, 0.6) is 5.75 Å². The van der Waals surface area contributed by atoms with Crippen molar-refractivity contribution in [2.45, 2.75) is 45.5 Å². The van der Waals surface area contributed by atoms with Crippen LogP contribution in [0.3, 0.4) is 0 Å². The molecule has 0 aromatic heterocycles. The molecule has 28 heavy (non-hydrogen) atoms. The van der Waals surface area contributed by atoms with Gasteiger partial charge in [0, 0.05) is 24.0 Å². The van der Waals surface area contributed by atoms with Gasteiger partial charge in [0.2, 0.25) is 6.10 Å². The average Bonchev–Trinajstić information content (AvgIpc) is 2.70. The molecule has 0 spiro atoms. The minimum absolute atomic E-state index is 0.167. The first-order valence-electron chi connectivity index (χ1n) is 9.58. The molecule has 0 saturated heterocycles. The number of aliphatic imine (C=N–C) groups is 1. The second kappa shape index (κ2) is 9.22. The van der Waals surface area contributed by atoms with E-state index in [1.54, 1.807) is 24.3 Å². The van der Waals surface area contributed by atoms with E-state index in [1.165, 1.54) is 0 Å². The van der Waals surface area contributed by atoms with Gasteiger partial charge in [0.25, 0.3) is 0 Å². The summed E-state index contributed by atoms with van der Waals surface area (Å²) in [6.07, 6.45) is 5.36. The fourth-order valence-electron chi connectivity index (χ4n) is 3.21. The molecule has 5 heteroatoms. The zero-order valence-electron chi connectivity index (χ0n) is 16.3. The summed E-state index contributed by atoms with van der Waals surface area (Å²) in [7, 11) is 0. The van der Waals surface area contributed by atoms with E-state index in [-0.39, 0.29) is 6.17 Å². The average molecular weight is 378 g/mol. The van der Waals surface area contributed by atoms with Crippen LogP contribution in [0, 0.1) is 0 Å². The first kappa shape index (κ1) is 19.7. The normalized spacial score (nSPS) is 17.1. The first-order valence-corrected chi connectivity index (χ1v) is 9.58. The molecular formula is C23H26N2O3. The van der Waals surface area contributed by atoms with E-state index in [2.05, 4.69) is 18.0 Å². The van der Waals surface area contributed by atoms with Crippen LogP contribution >= 0.6 is 0 Å². The molecule has 2 aromatic rings. The Balaban J connectivity index is 1.68. The van der Waals surface area contributed by atoms with Gasteiger partial charge < -0.3 is 14.7 Å². The Kier molecular flexibility index (Phi) is 6.48. The molecule has 1 aliphatic heterocycles. The van der Waals surface area contributed by atoms with Crippen molar-refractivity contribution in [3.05, 3.63) is 78.0 Å². The van der Waals surface area contributed by atoms with Gasteiger partial charge >= 0.3 is 5.97 Å². The zero-order valence-corrected chi connectivity index (χ0v) is 16.3. The van der Waals surface area contributed by atoms with Crippen LogP contribution in [-0.4, -0.2) is 27.9 Å². The molecule has 3 rings (SSSR count). The summed E-state index contributed by atoms with van der Waals surface area (Å²) in [6.45, 7) is 4.94. The molecule has 0 saturated carbocycles. The summed E-state index contributed by atoms with van der Waals surface area (Å²) in [4.78, 5) is 18.6. The summed E-state index contributed by atoms with van der Waals surface area (Å²) in [5.74, 6) is -0.475. The second-order valence-electron chi connectivity index (χ2n) is 6.92. The quantitative estimate of drug-likeness (QED) is 0.716. The van der Waals surface area contributed by atoms with E-state index < -0.39 is 12.1 Å². The van der Waals surface area contributed by atoms with Gasteiger partial charge in [0.15, 0.2) is 0 Å². The van der Waals surface area contributed by atoms with Crippen molar-refractivity contribution in [2.75, 3.05) is 0 Å². The van der Waals surface area contributed by atoms with E-state index in [0.29, 0.717) is 11.3 Å². The Hall–Kier alpha value is -3.08. The third-order valence-electron chi connectivity index (χ3n) is 4.66. The van der Waals surface area contributed by atoms with E-state index in [4.69, 9.17) is 9.73 Å². The van der Waals surface area contributed by atoms with Gasteiger partial charge in [-0.2, -0.15) is 0 Å². The van der Waals surface area contributed by atoms with E-state index in [0.717, 1.165) is 30.7 Å². The standard InChI is InChI=1S/C23H26N2O3/c1-3-7-21-24-17(2)14-15-25(21)16-18-10-12-20(13-11-18)28-22(23(26)27)19-8-5-4-6-9-19/h4-6,8-15,21-22H,3,7,16H2,1-2H3,(H,26,27). The molecule has 0 fully saturated rings. The molecular weight excluding hydrogens is 352 g/mol. The van der Waals surface area contributed by atoms with Crippen LogP contribution in [0.25, 0.3) is 0 Å². The van der Waals surface area contributed by atoms with E-state index in [9.17, 15) is 9.90 Å². The Labute approximate surface area is 166 Å². The van der Waals surface area contributed by atoms with Gasteiger partial charge in [-0.1, -0.05) is 55.8 Å². The maximum atomic E-state index is 11.6. The number of carbonyl (C=O) groups is 1. The highest BCUT2D eigenvalue weighted by molar-refractivity contribution is 5.93. The van der Waals surface area contributed by atoms with Gasteiger partial charge in [-0.25, -0.2) is 4.79 Å². The van der Waals surface area contributed by atoms with Crippen LogP contribution in [-0.2, 0) is 11.3 Å². The van der Waals surface area contributed by atoms with E-state index >= 15 is 0 Å². The minimum Gasteiger partial charge on any atom is -0.478 e. The number of aliphatic carboxylic acids is 1. The molecule has 0 bridgehead atoms. The summed E-state index contributed by atoms with van der Waals surface area (Å²) in [5.41, 5.74) is 2.80. The highest BCUT2D eigenvalue weighted by Crippen LogP contribution is 2.24. The molecule has 1 N–H and O–H groups in total. The minimum atomic E-state index is -1.02. The molecule has 0 aliphatic carbocycles. The molecule has 1 heterocycles. The number of allylic oxidation sites excluding steroid dienone is 1. The summed E-state index contributed by atoms with van der Waals surface area (Å²) in [6, 6.07) is 16.6. The topological polar surface area (TPSA) is 62.1 Å². The molecule has 0 radical (unpaired) electrons. The molecule has 0 amide bonds. The van der Waals surface area contributed by atoms with Crippen molar-refractivity contribution in [1.29, 1.82) is 0 Å². The van der Waals surface area contributed by atoms with Gasteiger partial charge in [0.1, 0.15) is 11.9 Å². The lowest BCUT2D eigenvalue weighted by molar-refractivity contribution is -0.145.